The van der Waals surface area contributed by atoms with E-state index in [9.17, 15) is 9.59 Å². The minimum atomic E-state index is -0.764. The summed E-state index contributed by atoms with van der Waals surface area (Å²) in [6, 6.07) is 6.06. The van der Waals surface area contributed by atoms with E-state index in [1.807, 2.05) is 5.87 Å². The number of hydrogen-bond donors (Lipinski definition) is 2. The number of benzene rings is 1. The van der Waals surface area contributed by atoms with Gasteiger partial charge in [0.15, 0.2) is 11.4 Å². The van der Waals surface area contributed by atoms with Crippen LogP contribution in [0, 0.1) is 5.41 Å². The fraction of sp³-hybridized carbons (Fsp3) is 0.154. The zero-order valence-corrected chi connectivity index (χ0v) is 11.4. The lowest BCUT2D eigenvalue weighted by Gasteiger charge is -2.08. The number of para-hydroxylation sites is 1. The molecule has 0 radical (unpaired) electrons. The molecule has 0 bridgehead atoms. The summed E-state index contributed by atoms with van der Waals surface area (Å²) in [4.78, 5) is 27.4. The molecule has 1 heterocycles. The minimum Gasteiger partial charge on any atom is -0.455 e. The molecule has 1 aromatic rings. The van der Waals surface area contributed by atoms with E-state index in [0.717, 1.165) is 0 Å². The summed E-state index contributed by atoms with van der Waals surface area (Å²) in [7, 11) is 0. The van der Waals surface area contributed by atoms with E-state index in [4.69, 9.17) is 20.1 Å². The smallest absolute Gasteiger partial charge is 0.342 e. The summed E-state index contributed by atoms with van der Waals surface area (Å²) in [6.45, 7) is 0.856. The Hall–Kier alpha value is -3.16. The highest BCUT2D eigenvalue weighted by Gasteiger charge is 2.26. The number of carbonyl (C=O) groups excluding carboxylic acids is 2. The van der Waals surface area contributed by atoms with Crippen LogP contribution in [-0.2, 0) is 14.5 Å². The summed E-state index contributed by atoms with van der Waals surface area (Å²) in [5.74, 6) is 0.623. The van der Waals surface area contributed by atoms with Crippen LogP contribution in [0.1, 0.15) is 17.3 Å². The minimum absolute atomic E-state index is 0.0100. The molecule has 0 amide bonds. The van der Waals surface area contributed by atoms with Crippen LogP contribution in [0.25, 0.3) is 0 Å². The molecule has 2 N–H and O–H groups in total. The van der Waals surface area contributed by atoms with Gasteiger partial charge in [0, 0.05) is 12.8 Å². The van der Waals surface area contributed by atoms with Crippen molar-refractivity contribution in [2.45, 2.75) is 6.92 Å². The Balaban J connectivity index is 2.08. The average molecular weight is 305 g/mol. The maximum atomic E-state index is 12.0. The van der Waals surface area contributed by atoms with Gasteiger partial charge < -0.3 is 9.47 Å². The molecule has 2 rings (SSSR count). The van der Waals surface area contributed by atoms with Gasteiger partial charge in [-0.1, -0.05) is 12.1 Å². The van der Waals surface area contributed by atoms with Crippen molar-refractivity contribution in [3.05, 3.63) is 35.5 Å². The molecule has 0 aromatic heterocycles. The fourth-order valence-corrected chi connectivity index (χ4v) is 1.59. The SMILES string of the molecule is CC(=O)Oc1ccccc1C(=O)OCC1=NON(O)C1=C=N. The molecule has 0 unspecified atom stereocenters. The third kappa shape index (κ3) is 3.29. The maximum absolute atomic E-state index is 12.0. The zero-order valence-electron chi connectivity index (χ0n) is 11.4. The third-order valence-corrected chi connectivity index (χ3v) is 2.51. The van der Waals surface area contributed by atoms with Gasteiger partial charge in [-0.2, -0.15) is 0 Å². The molecule has 0 aliphatic carbocycles. The van der Waals surface area contributed by atoms with Crippen molar-refractivity contribution < 1.29 is 29.2 Å². The Morgan fingerprint density at radius 2 is 2.18 bits per heavy atom. The summed E-state index contributed by atoms with van der Waals surface area (Å²) in [5, 5.41) is 19.8. The van der Waals surface area contributed by atoms with Crippen LogP contribution in [0.3, 0.4) is 0 Å². The number of nitrogens with one attached hydrogen (secondary N) is 1. The molecule has 22 heavy (non-hydrogen) atoms. The van der Waals surface area contributed by atoms with Crippen LogP contribution in [0.4, 0.5) is 0 Å². The highest BCUT2D eigenvalue weighted by molar-refractivity contribution is 6.07. The van der Waals surface area contributed by atoms with Crippen molar-refractivity contribution in [3.8, 4) is 5.75 Å². The number of rotatable bonds is 4. The van der Waals surface area contributed by atoms with E-state index in [1.165, 1.54) is 19.1 Å². The molecule has 9 heteroatoms. The van der Waals surface area contributed by atoms with Gasteiger partial charge in [0.2, 0.25) is 0 Å². The molecular formula is C13H11N3O6. The normalized spacial score (nSPS) is 13.1. The van der Waals surface area contributed by atoms with Gasteiger partial charge in [-0.15, -0.1) is 0 Å². The monoisotopic (exact) mass is 305 g/mol. The first-order valence-corrected chi connectivity index (χ1v) is 6.00. The highest BCUT2D eigenvalue weighted by atomic mass is 17.0. The number of hydrogen-bond acceptors (Lipinski definition) is 9. The Labute approximate surface area is 124 Å². The maximum Gasteiger partial charge on any atom is 0.342 e. The van der Waals surface area contributed by atoms with Gasteiger partial charge in [0.25, 0.3) is 0 Å². The van der Waals surface area contributed by atoms with Gasteiger partial charge in [-0.3, -0.25) is 15.4 Å². The average Bonchev–Trinajstić information content (AvgIpc) is 2.84. The van der Waals surface area contributed by atoms with Crippen LogP contribution < -0.4 is 4.74 Å². The fourth-order valence-electron chi connectivity index (χ4n) is 1.59. The molecule has 0 saturated heterocycles. The first-order chi connectivity index (χ1) is 10.5. The summed E-state index contributed by atoms with van der Waals surface area (Å²) in [6.07, 6.45) is 0. The van der Waals surface area contributed by atoms with Crippen LogP contribution in [0.2, 0.25) is 0 Å². The van der Waals surface area contributed by atoms with Crippen molar-refractivity contribution in [3.63, 3.8) is 0 Å². The second-order valence-electron chi connectivity index (χ2n) is 4.03. The molecule has 0 atom stereocenters. The van der Waals surface area contributed by atoms with E-state index in [1.54, 1.807) is 12.1 Å². The first kappa shape index (κ1) is 15.2. The molecule has 1 aliphatic rings. The van der Waals surface area contributed by atoms with Crippen molar-refractivity contribution in [2.24, 2.45) is 5.16 Å². The Bertz CT molecular complexity index is 693. The van der Waals surface area contributed by atoms with Crippen LogP contribution in [0.5, 0.6) is 5.75 Å². The first-order valence-electron chi connectivity index (χ1n) is 6.00. The number of ether oxygens (including phenoxy) is 2. The molecule has 0 saturated carbocycles. The van der Waals surface area contributed by atoms with E-state index in [2.05, 4.69) is 10.1 Å². The second kappa shape index (κ2) is 6.53. The molecule has 1 aromatic carbocycles. The predicted octanol–water partition coefficient (Wildman–Crippen LogP) is 0.893. The van der Waals surface area contributed by atoms with Gasteiger partial charge in [0.1, 0.15) is 17.9 Å². The standard InChI is InChI=1S/C13H11N3O6/c1-8(17)21-12-5-3-2-4-9(12)13(18)20-7-10-11(6-14)16(19)22-15-10/h2-5,14,19H,7H2,1H3. The molecule has 9 nitrogen and oxygen atoms in total. The molecule has 114 valence electrons. The number of nitrogens with zero attached hydrogens (tertiary/aromatic N) is 2. The summed E-state index contributed by atoms with van der Waals surface area (Å²) >= 11 is 0. The second-order valence-corrected chi connectivity index (χ2v) is 4.03. The lowest BCUT2D eigenvalue weighted by atomic mass is 10.2. The highest BCUT2D eigenvalue weighted by Crippen LogP contribution is 2.19. The molecule has 1 aliphatic heterocycles. The van der Waals surface area contributed by atoms with E-state index >= 15 is 0 Å². The van der Waals surface area contributed by atoms with Crippen LogP contribution in [-0.4, -0.2) is 40.6 Å². The van der Waals surface area contributed by atoms with Crippen LogP contribution >= 0.6 is 0 Å². The third-order valence-electron chi connectivity index (χ3n) is 2.51. The number of oxime groups is 1. The number of hydroxylamine groups is 2. The molecule has 0 spiro atoms. The Morgan fingerprint density at radius 3 is 2.86 bits per heavy atom. The zero-order chi connectivity index (χ0) is 16.1. The van der Waals surface area contributed by atoms with Gasteiger partial charge in [-0.25, -0.2) is 9.73 Å². The Kier molecular flexibility index (Phi) is 4.52. The lowest BCUT2D eigenvalue weighted by Crippen LogP contribution is -2.20. The molecular weight excluding hydrogens is 294 g/mol. The van der Waals surface area contributed by atoms with Gasteiger partial charge in [-0.05, 0) is 22.5 Å². The quantitative estimate of drug-likeness (QED) is 0.481. The molecule has 0 fully saturated rings. The largest absolute Gasteiger partial charge is 0.455 e. The number of carbonyl (C=O) groups is 2. The van der Waals surface area contributed by atoms with Crippen molar-refractivity contribution in [2.75, 3.05) is 6.61 Å². The topological polar surface area (TPSA) is 122 Å². The van der Waals surface area contributed by atoms with E-state index in [0.29, 0.717) is 0 Å². The van der Waals surface area contributed by atoms with Gasteiger partial charge in [0.05, 0.1) is 0 Å². The summed E-state index contributed by atoms with van der Waals surface area (Å²) in [5.41, 5.74) is -0.115. The van der Waals surface area contributed by atoms with Gasteiger partial charge >= 0.3 is 11.9 Å². The van der Waals surface area contributed by atoms with Crippen molar-refractivity contribution >= 4 is 23.5 Å². The Morgan fingerprint density at radius 1 is 1.45 bits per heavy atom. The van der Waals surface area contributed by atoms with Crippen molar-refractivity contribution in [1.29, 1.82) is 5.41 Å². The van der Waals surface area contributed by atoms with Crippen LogP contribution in [0.15, 0.2) is 35.1 Å². The van der Waals surface area contributed by atoms with E-state index in [-0.39, 0.29) is 34.6 Å². The predicted molar refractivity (Wildman–Crippen MR) is 71.4 cm³/mol. The van der Waals surface area contributed by atoms with E-state index < -0.39 is 11.9 Å². The van der Waals surface area contributed by atoms with Crippen molar-refractivity contribution in [1.82, 2.24) is 5.23 Å². The lowest BCUT2D eigenvalue weighted by molar-refractivity contribution is -0.300. The number of esters is 2. The summed E-state index contributed by atoms with van der Waals surface area (Å²) < 4.78 is 9.90.